The minimum atomic E-state index is -0.927. The van der Waals surface area contributed by atoms with Crippen molar-refractivity contribution in [2.75, 3.05) is 79.6 Å². The Kier molecular flexibility index (Phi) is 47.8. The zero-order valence-corrected chi connectivity index (χ0v) is 96.2. The molecule has 0 atom stereocenters. The fourth-order valence-electron chi connectivity index (χ4n) is 14.7. The predicted octanol–water partition coefficient (Wildman–Crippen LogP) is 29.5. The van der Waals surface area contributed by atoms with Crippen LogP contribution in [0.1, 0.15) is 161 Å². The molecule has 1 fully saturated rings. The van der Waals surface area contributed by atoms with Crippen molar-refractivity contribution in [3.05, 3.63) is 337 Å². The van der Waals surface area contributed by atoms with E-state index in [1.807, 2.05) is 214 Å². The molecule has 0 spiro atoms. The lowest BCUT2D eigenvalue weighted by atomic mass is 10.0. The van der Waals surface area contributed by atoms with Gasteiger partial charge in [0.15, 0.2) is 0 Å². The molecule has 150 heavy (non-hydrogen) atoms. The highest BCUT2D eigenvalue weighted by Gasteiger charge is 2.32. The number of carbonyl (C=O) groups excluding carboxylic acids is 6. The van der Waals surface area contributed by atoms with Crippen LogP contribution < -0.4 is 63.5 Å². The molecule has 7 N–H and O–H groups in total. The summed E-state index contributed by atoms with van der Waals surface area (Å²) < 4.78 is 72.8. The molecule has 32 nitrogen and oxygen atoms in total. The van der Waals surface area contributed by atoms with Gasteiger partial charge < -0.3 is 66.7 Å². The first-order valence-corrected chi connectivity index (χ1v) is 51.3. The molecule has 1 saturated carbocycles. The first-order chi connectivity index (χ1) is 71.3. The number of aryl methyl sites for hydroxylation is 15. The maximum absolute atomic E-state index is 11.8. The summed E-state index contributed by atoms with van der Waals surface area (Å²) in [6, 6.07) is 54.8. The first kappa shape index (κ1) is 122. The molecule has 0 bridgehead atoms. The smallest absolute Gasteiger partial charge is 0.438 e. The van der Waals surface area contributed by atoms with E-state index in [-0.39, 0.29) is 57.6 Å². The van der Waals surface area contributed by atoms with E-state index in [4.69, 9.17) is 44.8 Å². The van der Waals surface area contributed by atoms with Gasteiger partial charge in [-0.1, -0.05) is 85.3 Å². The zero-order valence-electron chi connectivity index (χ0n) is 87.5. The molecule has 0 saturated heterocycles. The quantitative estimate of drug-likeness (QED) is 0.0130. The summed E-state index contributed by atoms with van der Waals surface area (Å²) in [4.78, 5) is 70.0. The number of ether oxygens (including phenoxy) is 13. The van der Waals surface area contributed by atoms with E-state index in [2.05, 4.69) is 108 Å². The van der Waals surface area contributed by atoms with Crippen molar-refractivity contribution < 1.29 is 127 Å². The summed E-state index contributed by atoms with van der Waals surface area (Å²) in [7, 11) is 7.23. The van der Waals surface area contributed by atoms with Crippen LogP contribution in [0.5, 0.6) is 40.2 Å². The average Bonchev–Trinajstić information content (AvgIpc) is 1.64. The molecule has 13 rings (SSSR count). The van der Waals surface area contributed by atoms with E-state index < -0.39 is 36.6 Å². The predicted molar refractivity (Wildman–Crippen MR) is 592 cm³/mol. The van der Waals surface area contributed by atoms with Crippen LogP contribution in [0.15, 0.2) is 204 Å². The normalized spacial score (nSPS) is 11.0. The Morgan fingerprint density at radius 2 is 0.513 bits per heavy atom. The maximum Gasteiger partial charge on any atom is 0.438 e. The number of carbonyl (C=O) groups is 6. The van der Waals surface area contributed by atoms with Crippen LogP contribution >= 0.6 is 91.3 Å². The summed E-state index contributed by atoms with van der Waals surface area (Å²) in [6.45, 7) is 32.9. The van der Waals surface area contributed by atoms with E-state index in [0.29, 0.717) is 133 Å². The van der Waals surface area contributed by atoms with Gasteiger partial charge in [-0.25, -0.2) is 28.8 Å². The van der Waals surface area contributed by atoms with Gasteiger partial charge in [-0.2, -0.15) is 30.4 Å². The zero-order chi connectivity index (χ0) is 111. The summed E-state index contributed by atoms with van der Waals surface area (Å²) in [5.41, 5.74) is 23.6. The van der Waals surface area contributed by atoms with Gasteiger partial charge in [0.2, 0.25) is 0 Å². The number of hydrogen-bond acceptors (Lipinski definition) is 26. The van der Waals surface area contributed by atoms with Crippen LogP contribution in [0.4, 0.5) is 62.9 Å². The second-order valence-electron chi connectivity index (χ2n) is 34.4. The highest BCUT2D eigenvalue weighted by atomic mass is 79.9. The summed E-state index contributed by atoms with van der Waals surface area (Å²) in [5, 5.41) is 73.5. The third-order valence-electron chi connectivity index (χ3n) is 24.4. The second-order valence-corrected chi connectivity index (χ2v) is 39.1. The van der Waals surface area contributed by atoms with Gasteiger partial charge in [0.05, 0.1) is 123 Å². The SMILES string of the molecule is CCOc1cccc(N(O)C(=O)OC)c1COc1cc(C)c(C)cc1Br.CCc1cccc(N(O)C(=O)OC)c1COc1cc(C)c(C)cc1Br.COC(=O)N(O)c1cccc(C)c1COc1cc(C)c(C)cc1Br.COC(=O)N(O)c1cccc(C)c1COc1cc(C)c(C)cc1Cl.COC(=O)N(O)c1cccc(C2CC2)c1COc1cc(C)c(C)cc1Br.COC(=O)N(O)c1cccc(CO)c1COc1cc(C)c(C)cc1Br. The van der Waals surface area contributed by atoms with Crippen molar-refractivity contribution in [3.8, 4) is 40.2 Å². The van der Waals surface area contributed by atoms with Gasteiger partial charge in [-0.05, 0) is 419 Å². The van der Waals surface area contributed by atoms with Crippen molar-refractivity contribution in [1.29, 1.82) is 0 Å². The number of halogens is 6. The highest BCUT2D eigenvalue weighted by Crippen LogP contribution is 2.46. The Labute approximate surface area is 921 Å². The molecular formula is C112H126Br5ClN6O26. The highest BCUT2D eigenvalue weighted by molar-refractivity contribution is 9.11. The van der Waals surface area contributed by atoms with Crippen LogP contribution in [0.3, 0.4) is 0 Å². The minimum Gasteiger partial charge on any atom is -0.493 e. The van der Waals surface area contributed by atoms with Gasteiger partial charge in [-0.15, -0.1) is 0 Å². The number of amides is 6. The van der Waals surface area contributed by atoms with Crippen LogP contribution in [-0.2, 0) is 81.1 Å². The van der Waals surface area contributed by atoms with E-state index in [9.17, 15) is 65.1 Å². The molecule has 0 aromatic heterocycles. The van der Waals surface area contributed by atoms with Gasteiger partial charge in [-0.3, -0.25) is 31.2 Å². The second kappa shape index (κ2) is 58.6. The van der Waals surface area contributed by atoms with Crippen molar-refractivity contribution in [3.63, 3.8) is 0 Å². The van der Waals surface area contributed by atoms with E-state index >= 15 is 0 Å². The Balaban J connectivity index is 0.000000219. The van der Waals surface area contributed by atoms with Crippen LogP contribution in [-0.4, -0.2) is 122 Å². The molecule has 12 aromatic rings. The number of hydroxylamine groups is 6. The van der Waals surface area contributed by atoms with Crippen LogP contribution in [0.2, 0.25) is 5.02 Å². The topological polar surface area (TPSA) is 383 Å². The van der Waals surface area contributed by atoms with Gasteiger partial charge >= 0.3 is 36.6 Å². The molecule has 802 valence electrons. The molecule has 6 amide bonds. The molecule has 12 aromatic carbocycles. The number of nitrogens with zero attached hydrogens (tertiary/aromatic N) is 6. The lowest BCUT2D eigenvalue weighted by molar-refractivity contribution is 0.140. The Bertz CT molecular complexity index is 6490. The standard InChI is InChI=1S/C20H22BrNO4.C19H22BrNO5.C19H22BrNO4.C18H20BrNO5.C18H20BrNO4.C18H20ClNO4/c1-12-9-17(21)19(10-13(12)2)26-11-16-15(14-7-8-14)5-4-6-18(16)22(24)20(23)25-3;1-5-25-17-8-6-7-16(21(23)19(22)24-4)14(17)11-26-18-10-13(3)12(2)9-15(18)20;1-5-14-7-6-8-17(21(23)19(22)24-4)15(14)11-25-18-10-13(3)12(2)9-16(18)20;1-11-7-15(19)17(8-12(11)2)25-10-14-13(9-21)5-4-6-16(14)20(23)18(22)24-3;2*1-11-6-5-7-16(20(22)18(21)23-4)14(11)10-24-17-9-13(3)12(2)8-15(17)19/h4-6,9-10,14,24H,7-8,11H2,1-3H3;6-10,23H,5,11H2,1-4H3;6-10,23H,5,11H2,1-4H3;4-8,21,23H,9-10H2,1-3H3;2*5-9,22H,10H2,1-4H3. The number of methoxy groups -OCH3 is 6. The Hall–Kier alpha value is -12.7. The third kappa shape index (κ3) is 33.1. The monoisotopic (exact) mass is 2400 g/mol. The number of anilines is 6. The summed E-state index contributed by atoms with van der Waals surface area (Å²) in [6.07, 6.45) is -2.26. The van der Waals surface area contributed by atoms with Crippen molar-refractivity contribution in [1.82, 2.24) is 0 Å². The number of hydrogen-bond donors (Lipinski definition) is 7. The molecule has 0 aliphatic heterocycles. The van der Waals surface area contributed by atoms with Crippen LogP contribution in [0.25, 0.3) is 0 Å². The first-order valence-electron chi connectivity index (χ1n) is 46.9. The third-order valence-corrected chi connectivity index (χ3v) is 27.8. The summed E-state index contributed by atoms with van der Waals surface area (Å²) in [5.74, 6) is 4.95. The lowest BCUT2D eigenvalue weighted by Gasteiger charge is -2.21. The van der Waals surface area contributed by atoms with Gasteiger partial charge in [0.25, 0.3) is 0 Å². The molecule has 1 aliphatic carbocycles. The van der Waals surface area contributed by atoms with Crippen LogP contribution in [0, 0.1) is 96.9 Å². The Morgan fingerprint density at radius 3 is 0.813 bits per heavy atom. The molecule has 38 heteroatoms. The number of aliphatic hydroxyl groups excluding tert-OH is 1. The fraction of sp³-hybridized carbons (Fsp3) is 0.304. The molecule has 0 heterocycles. The molecule has 0 unspecified atom stereocenters. The molecular weight excluding hydrogens is 2280 g/mol. The van der Waals surface area contributed by atoms with Gasteiger partial charge in [0, 0.05) is 27.8 Å². The average molecular weight is 2410 g/mol. The summed E-state index contributed by atoms with van der Waals surface area (Å²) >= 11 is 23.7. The van der Waals surface area contributed by atoms with E-state index in [1.54, 1.807) is 78.9 Å². The maximum atomic E-state index is 11.8. The lowest BCUT2D eigenvalue weighted by Crippen LogP contribution is -2.28. The Morgan fingerprint density at radius 1 is 0.280 bits per heavy atom. The number of aliphatic hydroxyl groups is 1. The minimum absolute atomic E-state index is 0.0568. The largest absolute Gasteiger partial charge is 0.493 e. The molecule has 1 aliphatic rings. The van der Waals surface area contributed by atoms with E-state index in [0.717, 1.165) is 136 Å². The van der Waals surface area contributed by atoms with Crippen molar-refractivity contribution in [2.24, 2.45) is 0 Å². The molecule has 0 radical (unpaired) electrons. The van der Waals surface area contributed by atoms with Crippen molar-refractivity contribution >= 4 is 162 Å². The van der Waals surface area contributed by atoms with Crippen molar-refractivity contribution in [2.45, 2.75) is 182 Å². The number of rotatable bonds is 29. The van der Waals surface area contributed by atoms with Gasteiger partial charge in [0.1, 0.15) is 79.9 Å². The fourth-order valence-corrected chi connectivity index (χ4v) is 17.8. The number of benzene rings is 12. The van der Waals surface area contributed by atoms with E-state index in [1.165, 1.54) is 53.8 Å².